The molecule has 1 atom stereocenters. The first kappa shape index (κ1) is 34.2. The van der Waals surface area contributed by atoms with Gasteiger partial charge in [0.25, 0.3) is 10.0 Å². The number of carboxylic acid groups (broad SMARTS) is 1. The third kappa shape index (κ3) is 7.69. The summed E-state index contributed by atoms with van der Waals surface area (Å²) in [4.78, 5) is 26.2. The Morgan fingerprint density at radius 2 is 1.46 bits per heavy atom. The third-order valence-electron chi connectivity index (χ3n) is 8.05. The molecule has 0 aromatic heterocycles. The van der Waals surface area contributed by atoms with E-state index in [1.807, 2.05) is 30.3 Å². The summed E-state index contributed by atoms with van der Waals surface area (Å²) in [5.74, 6) is -2.69. The van der Waals surface area contributed by atoms with Gasteiger partial charge in [-0.15, -0.1) is 0 Å². The number of rotatable bonds is 12. The first-order valence-electron chi connectivity index (χ1n) is 15.0. The van der Waals surface area contributed by atoms with Crippen LogP contribution in [0.15, 0.2) is 120 Å². The second kappa shape index (κ2) is 13.9. The smallest absolute Gasteiger partial charge is 0.418 e. The fourth-order valence-electron chi connectivity index (χ4n) is 5.56. The lowest BCUT2D eigenvalue weighted by atomic mass is 9.92. The van der Waals surface area contributed by atoms with Gasteiger partial charge in [-0.1, -0.05) is 78.9 Å². The minimum absolute atomic E-state index is 0.0363. The number of carbonyl (C=O) groups excluding carboxylic acids is 1. The molecule has 48 heavy (non-hydrogen) atoms. The van der Waals surface area contributed by atoms with Crippen molar-refractivity contribution in [1.29, 1.82) is 0 Å². The largest absolute Gasteiger partial charge is 0.481 e. The van der Waals surface area contributed by atoms with Gasteiger partial charge in [-0.05, 0) is 64.7 Å². The maximum atomic E-state index is 14.3. The summed E-state index contributed by atoms with van der Waals surface area (Å²) in [6.45, 7) is -0.257. The minimum atomic E-state index is -4.83. The number of carbonyl (C=O) groups is 2. The molecule has 0 aliphatic carbocycles. The maximum absolute atomic E-state index is 14.3. The molecule has 7 nitrogen and oxygen atoms in total. The molecule has 1 unspecified atom stereocenters. The minimum Gasteiger partial charge on any atom is -0.481 e. The van der Waals surface area contributed by atoms with Crippen LogP contribution in [0.4, 0.5) is 24.5 Å². The van der Waals surface area contributed by atoms with E-state index in [2.05, 4.69) is 0 Å². The Labute approximate surface area is 276 Å². The lowest BCUT2D eigenvalue weighted by Crippen LogP contribution is -2.31. The number of benzene rings is 5. The average Bonchev–Trinajstić information content (AvgIpc) is 3.06. The number of hydrogen-bond donors (Lipinski definition) is 1. The number of ketones is 1. The highest BCUT2D eigenvalue weighted by atomic mass is 32.2. The number of anilines is 2. The lowest BCUT2D eigenvalue weighted by molar-refractivity contribution is -0.141. The van der Waals surface area contributed by atoms with Gasteiger partial charge in [0.2, 0.25) is 0 Å². The molecule has 11 heteroatoms. The number of Topliss-reactive ketones (excluding diaryl/α,β-unsaturated/α-hetero) is 1. The van der Waals surface area contributed by atoms with Crippen molar-refractivity contribution in [3.63, 3.8) is 0 Å². The van der Waals surface area contributed by atoms with Crippen molar-refractivity contribution in [3.05, 3.63) is 138 Å². The summed E-state index contributed by atoms with van der Waals surface area (Å²) in [5.41, 5.74) is 0.111. The first-order valence-corrected chi connectivity index (χ1v) is 16.5. The number of halogens is 3. The number of carboxylic acids is 1. The van der Waals surface area contributed by atoms with Crippen LogP contribution in [0, 0.1) is 5.92 Å². The molecule has 5 rings (SSSR count). The highest BCUT2D eigenvalue weighted by Crippen LogP contribution is 2.39. The summed E-state index contributed by atoms with van der Waals surface area (Å²) < 4.78 is 71.9. The second-order valence-electron chi connectivity index (χ2n) is 11.7. The van der Waals surface area contributed by atoms with Gasteiger partial charge in [0.05, 0.1) is 28.6 Å². The van der Waals surface area contributed by atoms with Gasteiger partial charge in [0, 0.05) is 31.8 Å². The van der Waals surface area contributed by atoms with Crippen molar-refractivity contribution >= 4 is 43.9 Å². The molecule has 0 fully saturated rings. The number of fused-ring (bicyclic) bond motifs is 1. The van der Waals surface area contributed by atoms with Gasteiger partial charge in [-0.25, -0.2) is 8.42 Å². The van der Waals surface area contributed by atoms with Crippen LogP contribution >= 0.6 is 0 Å². The van der Waals surface area contributed by atoms with E-state index in [0.29, 0.717) is 11.6 Å². The van der Waals surface area contributed by atoms with E-state index in [0.717, 1.165) is 32.8 Å². The maximum Gasteiger partial charge on any atom is 0.418 e. The summed E-state index contributed by atoms with van der Waals surface area (Å²) in [6, 6.07) is 30.3. The van der Waals surface area contributed by atoms with Gasteiger partial charge in [-0.2, -0.15) is 13.2 Å². The van der Waals surface area contributed by atoms with Crippen molar-refractivity contribution in [1.82, 2.24) is 0 Å². The molecule has 0 spiro atoms. The molecular weight excluding hydrogens is 641 g/mol. The number of nitrogens with zero attached hydrogens (tertiary/aromatic N) is 2. The van der Waals surface area contributed by atoms with Crippen molar-refractivity contribution in [2.75, 3.05) is 23.3 Å². The Morgan fingerprint density at radius 3 is 2.12 bits per heavy atom. The van der Waals surface area contributed by atoms with Crippen LogP contribution in [-0.2, 0) is 34.0 Å². The van der Waals surface area contributed by atoms with Gasteiger partial charge in [-0.3, -0.25) is 13.9 Å². The molecule has 5 aromatic rings. The van der Waals surface area contributed by atoms with E-state index >= 15 is 0 Å². The zero-order chi connectivity index (χ0) is 34.6. The van der Waals surface area contributed by atoms with Gasteiger partial charge < -0.3 is 10.0 Å². The van der Waals surface area contributed by atoms with Crippen LogP contribution in [0.3, 0.4) is 0 Å². The SMILES string of the molecule is CN(C)c1ccc(S(=O)(=O)N(Cc2ccc3ccccc3c2)c2cccc(C(=O)CC(Cc3ccccc3)C(=O)O)c2)cc1C(F)(F)F. The average molecular weight is 675 g/mol. The number of sulfonamides is 1. The van der Waals surface area contributed by atoms with E-state index in [4.69, 9.17) is 0 Å². The van der Waals surface area contributed by atoms with E-state index in [-0.39, 0.29) is 36.3 Å². The zero-order valence-corrected chi connectivity index (χ0v) is 27.0. The summed E-state index contributed by atoms with van der Waals surface area (Å²) in [5, 5.41) is 11.6. The van der Waals surface area contributed by atoms with Gasteiger partial charge in [0.15, 0.2) is 5.78 Å². The lowest BCUT2D eigenvalue weighted by Gasteiger charge is -2.27. The van der Waals surface area contributed by atoms with Crippen LogP contribution < -0.4 is 9.21 Å². The molecule has 0 radical (unpaired) electrons. The number of hydrogen-bond acceptors (Lipinski definition) is 5. The van der Waals surface area contributed by atoms with Gasteiger partial charge >= 0.3 is 12.1 Å². The highest BCUT2D eigenvalue weighted by molar-refractivity contribution is 7.92. The Morgan fingerprint density at radius 1 is 0.771 bits per heavy atom. The normalized spacial score (nSPS) is 12.4. The predicted octanol–water partition coefficient (Wildman–Crippen LogP) is 7.84. The molecule has 0 amide bonds. The Kier molecular flexibility index (Phi) is 9.90. The zero-order valence-electron chi connectivity index (χ0n) is 26.2. The Bertz CT molecular complexity index is 2070. The van der Waals surface area contributed by atoms with E-state index in [9.17, 15) is 36.3 Å². The van der Waals surface area contributed by atoms with Crippen molar-refractivity contribution in [2.24, 2.45) is 5.92 Å². The van der Waals surface area contributed by atoms with Crippen LogP contribution in [0.5, 0.6) is 0 Å². The van der Waals surface area contributed by atoms with Crippen molar-refractivity contribution in [2.45, 2.75) is 30.5 Å². The Hall–Kier alpha value is -5.16. The van der Waals surface area contributed by atoms with Crippen LogP contribution in [0.25, 0.3) is 10.8 Å². The molecule has 248 valence electrons. The second-order valence-corrected chi connectivity index (χ2v) is 13.5. The summed E-state index contributed by atoms with van der Waals surface area (Å²) in [6.07, 6.45) is -5.05. The summed E-state index contributed by atoms with van der Waals surface area (Å²) >= 11 is 0. The van der Waals surface area contributed by atoms with Crippen molar-refractivity contribution < 1.29 is 36.3 Å². The Balaban J connectivity index is 1.56. The first-order chi connectivity index (χ1) is 22.7. The standard InChI is InChI=1S/C37H33F3N2O5S/c1-41(2)34-18-17-32(23-33(34)37(38,39)40)48(46,47)42(24-26-15-16-27-11-6-7-12-28(27)20-26)31-14-8-13-29(21-31)35(43)22-30(36(44)45)19-25-9-4-3-5-10-25/h3-18,20-21,23,30H,19,22,24H2,1-2H3,(H,44,45). The fourth-order valence-corrected chi connectivity index (χ4v) is 7.03. The molecular formula is C37H33F3N2O5S. The molecule has 0 saturated carbocycles. The van der Waals surface area contributed by atoms with Crippen LogP contribution in [0.2, 0.25) is 0 Å². The summed E-state index contributed by atoms with van der Waals surface area (Å²) in [7, 11) is -1.78. The molecule has 5 aromatic carbocycles. The molecule has 0 heterocycles. The topological polar surface area (TPSA) is 95.0 Å². The van der Waals surface area contributed by atoms with Crippen LogP contribution in [-0.4, -0.2) is 39.4 Å². The van der Waals surface area contributed by atoms with E-state index in [1.165, 1.54) is 43.3 Å². The number of aliphatic carboxylic acids is 1. The molecule has 0 aliphatic heterocycles. The van der Waals surface area contributed by atoms with Crippen molar-refractivity contribution in [3.8, 4) is 0 Å². The highest BCUT2D eigenvalue weighted by Gasteiger charge is 2.37. The fraction of sp³-hybridized carbons (Fsp3) is 0.189. The quantitative estimate of drug-likeness (QED) is 0.136. The molecule has 0 aliphatic rings. The van der Waals surface area contributed by atoms with Gasteiger partial charge in [0.1, 0.15) is 0 Å². The third-order valence-corrected chi connectivity index (χ3v) is 9.82. The molecule has 1 N–H and O–H groups in total. The van der Waals surface area contributed by atoms with E-state index < -0.39 is 44.3 Å². The monoisotopic (exact) mass is 674 g/mol. The molecule has 0 bridgehead atoms. The van der Waals surface area contributed by atoms with E-state index in [1.54, 1.807) is 42.5 Å². The number of alkyl halides is 3. The predicted molar refractivity (Wildman–Crippen MR) is 180 cm³/mol. The molecule has 0 saturated heterocycles. The van der Waals surface area contributed by atoms with Crippen LogP contribution in [0.1, 0.15) is 33.5 Å².